The van der Waals surface area contributed by atoms with Crippen molar-refractivity contribution >= 4 is 50.5 Å². The second-order valence-corrected chi connectivity index (χ2v) is 9.91. The van der Waals surface area contributed by atoms with Crippen LogP contribution in [0, 0.1) is 10.1 Å². The molecule has 0 unspecified atom stereocenters. The zero-order chi connectivity index (χ0) is 24.7. The van der Waals surface area contributed by atoms with E-state index in [4.69, 9.17) is 4.74 Å². The van der Waals surface area contributed by atoms with Crippen LogP contribution in [0.3, 0.4) is 0 Å². The summed E-state index contributed by atoms with van der Waals surface area (Å²) in [6.07, 6.45) is 1.63. The quantitative estimate of drug-likeness (QED) is 0.232. The van der Waals surface area contributed by atoms with Gasteiger partial charge in [-0.25, -0.2) is 9.79 Å². The number of thiophene rings is 1. The molecular formula is C25H19N3O5S2. The van der Waals surface area contributed by atoms with Crippen molar-refractivity contribution in [2.75, 3.05) is 6.61 Å². The molecular weight excluding hydrogens is 486 g/mol. The number of aromatic nitrogens is 1. The number of rotatable bonds is 5. The fraction of sp³-hybridized carbons (Fsp3) is 0.160. The van der Waals surface area contributed by atoms with Gasteiger partial charge in [0.15, 0.2) is 4.80 Å². The first kappa shape index (κ1) is 22.9. The highest BCUT2D eigenvalue weighted by Gasteiger charge is 2.34. The average molecular weight is 506 g/mol. The molecule has 176 valence electrons. The van der Waals surface area contributed by atoms with Crippen molar-refractivity contribution in [3.63, 3.8) is 0 Å². The summed E-state index contributed by atoms with van der Waals surface area (Å²) in [5, 5.41) is 13.0. The number of fused-ring (bicyclic) bond motifs is 2. The zero-order valence-electron chi connectivity index (χ0n) is 18.8. The summed E-state index contributed by atoms with van der Waals surface area (Å²) in [6.45, 7) is 3.67. The lowest BCUT2D eigenvalue weighted by Crippen LogP contribution is -2.40. The van der Waals surface area contributed by atoms with Gasteiger partial charge in [-0.15, -0.1) is 0 Å². The van der Waals surface area contributed by atoms with E-state index in [2.05, 4.69) is 4.99 Å². The van der Waals surface area contributed by atoms with Crippen LogP contribution in [0.15, 0.2) is 75.7 Å². The Morgan fingerprint density at radius 3 is 2.69 bits per heavy atom. The van der Waals surface area contributed by atoms with Crippen LogP contribution < -0.4 is 14.9 Å². The Bertz CT molecular complexity index is 1710. The number of carbonyl (C=O) groups excluding carboxylic acids is 1. The molecule has 0 radical (unpaired) electrons. The van der Waals surface area contributed by atoms with E-state index < -0.39 is 16.9 Å². The fourth-order valence-corrected chi connectivity index (χ4v) is 6.10. The highest BCUT2D eigenvalue weighted by atomic mass is 32.1. The van der Waals surface area contributed by atoms with Gasteiger partial charge in [-0.3, -0.25) is 19.5 Å². The first-order valence-electron chi connectivity index (χ1n) is 10.8. The molecule has 0 spiro atoms. The zero-order valence-corrected chi connectivity index (χ0v) is 20.4. The second kappa shape index (κ2) is 9.05. The molecule has 0 N–H and O–H groups in total. The molecule has 1 aliphatic rings. The van der Waals surface area contributed by atoms with E-state index in [1.54, 1.807) is 26.0 Å². The van der Waals surface area contributed by atoms with E-state index in [9.17, 15) is 19.7 Å². The Morgan fingerprint density at radius 1 is 1.17 bits per heavy atom. The van der Waals surface area contributed by atoms with Gasteiger partial charge in [-0.2, -0.15) is 0 Å². The molecule has 0 fully saturated rings. The van der Waals surface area contributed by atoms with Crippen LogP contribution >= 0.6 is 22.7 Å². The van der Waals surface area contributed by atoms with Crippen molar-refractivity contribution < 1.29 is 14.5 Å². The van der Waals surface area contributed by atoms with E-state index in [1.165, 1.54) is 22.0 Å². The van der Waals surface area contributed by atoms with E-state index in [0.717, 1.165) is 27.7 Å². The van der Waals surface area contributed by atoms with Gasteiger partial charge in [0.1, 0.15) is 0 Å². The Balaban J connectivity index is 1.78. The lowest BCUT2D eigenvalue weighted by atomic mass is 9.91. The predicted molar refractivity (Wildman–Crippen MR) is 135 cm³/mol. The third-order valence-electron chi connectivity index (χ3n) is 5.70. The maximum Gasteiger partial charge on any atom is 0.338 e. The molecule has 35 heavy (non-hydrogen) atoms. The molecule has 5 rings (SSSR count). The molecule has 2 aromatic carbocycles. The third-order valence-corrected chi connectivity index (χ3v) is 7.67. The highest BCUT2D eigenvalue weighted by Crippen LogP contribution is 2.34. The molecule has 0 amide bonds. The Hall–Kier alpha value is -3.89. The summed E-state index contributed by atoms with van der Waals surface area (Å²) in [5.74, 6) is -0.519. The Morgan fingerprint density at radius 2 is 1.94 bits per heavy atom. The minimum atomic E-state index is -0.726. The van der Waals surface area contributed by atoms with Crippen LogP contribution in [0.25, 0.3) is 16.8 Å². The van der Waals surface area contributed by atoms with Crippen molar-refractivity contribution in [2.24, 2.45) is 4.99 Å². The number of hydrogen-bond donors (Lipinski definition) is 0. The Labute approximate surface area is 206 Å². The summed E-state index contributed by atoms with van der Waals surface area (Å²) >= 11 is 2.18. The van der Waals surface area contributed by atoms with Crippen LogP contribution in [0.2, 0.25) is 0 Å². The molecule has 8 nitrogen and oxygen atoms in total. The van der Waals surface area contributed by atoms with Crippen LogP contribution in [-0.4, -0.2) is 22.1 Å². The lowest BCUT2D eigenvalue weighted by Gasteiger charge is -2.25. The molecule has 1 atom stereocenters. The van der Waals surface area contributed by atoms with Gasteiger partial charge in [-0.05, 0) is 42.3 Å². The summed E-state index contributed by atoms with van der Waals surface area (Å²) in [5.41, 5.74) is 1.27. The molecule has 0 saturated heterocycles. The van der Waals surface area contributed by atoms with Gasteiger partial charge in [-0.1, -0.05) is 65.1 Å². The highest BCUT2D eigenvalue weighted by molar-refractivity contribution is 7.16. The van der Waals surface area contributed by atoms with Crippen molar-refractivity contribution in [1.82, 2.24) is 4.57 Å². The van der Waals surface area contributed by atoms with Gasteiger partial charge in [0.2, 0.25) is 0 Å². The maximum absolute atomic E-state index is 13.7. The van der Waals surface area contributed by atoms with Crippen LogP contribution in [0.5, 0.6) is 0 Å². The number of carbonyl (C=O) groups is 1. The second-order valence-electron chi connectivity index (χ2n) is 7.80. The Kier molecular flexibility index (Phi) is 5.91. The standard InChI is InChI=1S/C25H19N3O5S2/c1-3-33-24(30)21-14(2)26-25-27(22(21)18-10-6-8-15-7-4-5-9-17(15)18)23(29)19(35-25)13-16-11-12-20(34-16)28(31)32/h4-13,22H,3H2,1-2H3/b19-13+/t22-/m1/s1. The summed E-state index contributed by atoms with van der Waals surface area (Å²) < 4.78 is 7.27. The number of thiazole rings is 1. The third kappa shape index (κ3) is 4.00. The maximum atomic E-state index is 13.7. The van der Waals surface area contributed by atoms with E-state index in [0.29, 0.717) is 25.5 Å². The number of hydrogen-bond acceptors (Lipinski definition) is 8. The number of nitrogens with zero attached hydrogens (tertiary/aromatic N) is 3. The fourth-order valence-electron chi connectivity index (χ4n) is 4.22. The van der Waals surface area contributed by atoms with Gasteiger partial charge in [0, 0.05) is 10.9 Å². The topological polar surface area (TPSA) is 104 Å². The molecule has 10 heteroatoms. The molecule has 2 aromatic heterocycles. The number of ether oxygens (including phenoxy) is 1. The van der Waals surface area contributed by atoms with Crippen LogP contribution in [-0.2, 0) is 9.53 Å². The van der Waals surface area contributed by atoms with Crippen LogP contribution in [0.1, 0.15) is 30.3 Å². The van der Waals surface area contributed by atoms with E-state index >= 15 is 0 Å². The molecule has 0 bridgehead atoms. The monoisotopic (exact) mass is 505 g/mol. The van der Waals surface area contributed by atoms with Gasteiger partial charge >= 0.3 is 11.0 Å². The number of esters is 1. The molecule has 1 aliphatic heterocycles. The van der Waals surface area contributed by atoms with Crippen LogP contribution in [0.4, 0.5) is 5.00 Å². The molecule has 0 aliphatic carbocycles. The minimum absolute atomic E-state index is 0.00176. The SMILES string of the molecule is CCOC(=O)C1=C(C)N=c2s/c(=C/c3ccc([N+](=O)[O-])s3)c(=O)n2[C@@H]1c1cccc2ccccc12. The van der Waals surface area contributed by atoms with Gasteiger partial charge in [0.05, 0.1) is 33.4 Å². The van der Waals surface area contributed by atoms with Crippen molar-refractivity contribution in [2.45, 2.75) is 19.9 Å². The average Bonchev–Trinajstić information content (AvgIpc) is 3.43. The summed E-state index contributed by atoms with van der Waals surface area (Å²) in [4.78, 5) is 43.0. The number of benzene rings is 2. The summed E-state index contributed by atoms with van der Waals surface area (Å²) in [6, 6.07) is 15.9. The molecule has 0 saturated carbocycles. The lowest BCUT2D eigenvalue weighted by molar-refractivity contribution is -0.380. The van der Waals surface area contributed by atoms with Crippen molar-refractivity contribution in [3.05, 3.63) is 106 Å². The van der Waals surface area contributed by atoms with E-state index in [1.807, 2.05) is 42.5 Å². The first-order chi connectivity index (χ1) is 16.9. The molecule has 3 heterocycles. The van der Waals surface area contributed by atoms with Crippen molar-refractivity contribution in [1.29, 1.82) is 0 Å². The summed E-state index contributed by atoms with van der Waals surface area (Å²) in [7, 11) is 0. The molecule has 4 aromatic rings. The predicted octanol–water partition coefficient (Wildman–Crippen LogP) is 3.92. The van der Waals surface area contributed by atoms with Gasteiger partial charge in [0.25, 0.3) is 5.56 Å². The van der Waals surface area contributed by atoms with Crippen molar-refractivity contribution in [3.8, 4) is 0 Å². The van der Waals surface area contributed by atoms with E-state index in [-0.39, 0.29) is 17.2 Å². The minimum Gasteiger partial charge on any atom is -0.463 e. The first-order valence-corrected chi connectivity index (χ1v) is 12.4. The largest absolute Gasteiger partial charge is 0.463 e. The number of allylic oxidation sites excluding steroid dienone is 1. The van der Waals surface area contributed by atoms with Gasteiger partial charge < -0.3 is 4.74 Å². The normalized spacial score (nSPS) is 15.7. The smallest absolute Gasteiger partial charge is 0.338 e. The number of nitro groups is 1.